The maximum atomic E-state index is 9.89. The molecule has 0 unspecified atom stereocenters. The van der Waals surface area contributed by atoms with Gasteiger partial charge in [-0.25, -0.2) is 0 Å². The van der Waals surface area contributed by atoms with Gasteiger partial charge in [0.15, 0.2) is 0 Å². The molecule has 2 heteroatoms. The molecule has 2 nitrogen and oxygen atoms in total. The lowest BCUT2D eigenvalue weighted by Crippen LogP contribution is -2.29. The van der Waals surface area contributed by atoms with Crippen molar-refractivity contribution < 1.29 is 5.11 Å². The van der Waals surface area contributed by atoms with E-state index >= 15 is 0 Å². The van der Waals surface area contributed by atoms with Crippen LogP contribution >= 0.6 is 0 Å². The van der Waals surface area contributed by atoms with E-state index in [0.717, 1.165) is 19.3 Å². The summed E-state index contributed by atoms with van der Waals surface area (Å²) >= 11 is 0. The zero-order valence-electron chi connectivity index (χ0n) is 10.4. The van der Waals surface area contributed by atoms with Crippen molar-refractivity contribution in [3.05, 3.63) is 29.8 Å². The first kappa shape index (κ1) is 11.1. The molecule has 0 atom stereocenters. The Hall–Kier alpha value is -1.02. The van der Waals surface area contributed by atoms with Gasteiger partial charge in [-0.3, -0.25) is 0 Å². The highest BCUT2D eigenvalue weighted by atomic mass is 16.3. The molecule has 1 heterocycles. The molecule has 1 aliphatic heterocycles. The van der Waals surface area contributed by atoms with Crippen LogP contribution in [0.1, 0.15) is 37.7 Å². The van der Waals surface area contributed by atoms with E-state index in [1.54, 1.807) is 0 Å². The van der Waals surface area contributed by atoms with Crippen molar-refractivity contribution >= 4 is 5.69 Å². The predicted octanol–water partition coefficient (Wildman–Crippen LogP) is 2.74. The Morgan fingerprint density at radius 2 is 1.65 bits per heavy atom. The largest absolute Gasteiger partial charge is 0.390 e. The van der Waals surface area contributed by atoms with E-state index in [1.165, 1.54) is 43.6 Å². The quantitative estimate of drug-likeness (QED) is 0.864. The predicted molar refractivity (Wildman–Crippen MR) is 70.4 cm³/mol. The molecule has 1 N–H and O–H groups in total. The van der Waals surface area contributed by atoms with E-state index in [2.05, 4.69) is 29.2 Å². The number of nitrogens with zero attached hydrogens (tertiary/aromatic N) is 1. The van der Waals surface area contributed by atoms with Gasteiger partial charge in [0, 0.05) is 25.2 Å². The van der Waals surface area contributed by atoms with E-state index in [0.29, 0.717) is 0 Å². The molecule has 1 aromatic rings. The Morgan fingerprint density at radius 1 is 1.00 bits per heavy atom. The molecule has 2 fully saturated rings. The lowest BCUT2D eigenvalue weighted by Gasteiger charge is -2.29. The standard InChI is InChI=1S/C15H21NO/c17-15(8-9-15)12-13-4-6-14(7-5-13)16-10-2-1-3-11-16/h4-7,17H,1-3,8-12H2. The molecule has 1 saturated carbocycles. The minimum atomic E-state index is -0.368. The first-order chi connectivity index (χ1) is 8.25. The van der Waals surface area contributed by atoms with Crippen molar-refractivity contribution in [2.24, 2.45) is 0 Å². The first-order valence-corrected chi connectivity index (χ1v) is 6.82. The SMILES string of the molecule is OC1(Cc2ccc(N3CCCCC3)cc2)CC1. The van der Waals surface area contributed by atoms with Crippen molar-refractivity contribution in [2.45, 2.75) is 44.1 Å². The van der Waals surface area contributed by atoms with Crippen molar-refractivity contribution in [1.29, 1.82) is 0 Å². The van der Waals surface area contributed by atoms with Crippen LogP contribution in [-0.4, -0.2) is 23.8 Å². The number of piperidine rings is 1. The third-order valence-electron chi connectivity index (χ3n) is 4.02. The fourth-order valence-corrected chi connectivity index (χ4v) is 2.68. The van der Waals surface area contributed by atoms with Crippen LogP contribution in [0, 0.1) is 0 Å². The van der Waals surface area contributed by atoms with Gasteiger partial charge in [0.2, 0.25) is 0 Å². The molecule has 2 aliphatic rings. The number of aliphatic hydroxyl groups is 1. The highest BCUT2D eigenvalue weighted by molar-refractivity contribution is 5.48. The topological polar surface area (TPSA) is 23.5 Å². The van der Waals surface area contributed by atoms with E-state index in [-0.39, 0.29) is 5.60 Å². The zero-order chi connectivity index (χ0) is 11.7. The fourth-order valence-electron chi connectivity index (χ4n) is 2.68. The summed E-state index contributed by atoms with van der Waals surface area (Å²) in [5, 5.41) is 9.89. The number of anilines is 1. The minimum absolute atomic E-state index is 0.368. The van der Waals surface area contributed by atoms with Gasteiger partial charge in [-0.05, 0) is 49.8 Å². The smallest absolute Gasteiger partial charge is 0.0690 e. The molecule has 0 amide bonds. The van der Waals surface area contributed by atoms with Crippen molar-refractivity contribution in [2.75, 3.05) is 18.0 Å². The van der Waals surface area contributed by atoms with E-state index in [4.69, 9.17) is 0 Å². The van der Waals surface area contributed by atoms with Crippen molar-refractivity contribution in [1.82, 2.24) is 0 Å². The molecular weight excluding hydrogens is 210 g/mol. The van der Waals surface area contributed by atoms with Crippen LogP contribution in [-0.2, 0) is 6.42 Å². The summed E-state index contributed by atoms with van der Waals surface area (Å²) in [5.41, 5.74) is 2.24. The molecule has 0 aromatic heterocycles. The van der Waals surface area contributed by atoms with Crippen LogP contribution in [0.3, 0.4) is 0 Å². The first-order valence-electron chi connectivity index (χ1n) is 6.82. The molecule has 92 valence electrons. The van der Waals surface area contributed by atoms with Crippen LogP contribution < -0.4 is 4.90 Å². The second-order valence-corrected chi connectivity index (χ2v) is 5.62. The fraction of sp³-hybridized carbons (Fsp3) is 0.600. The summed E-state index contributed by atoms with van der Waals surface area (Å²) < 4.78 is 0. The molecule has 0 spiro atoms. The van der Waals surface area contributed by atoms with Crippen molar-refractivity contribution in [3.8, 4) is 0 Å². The minimum Gasteiger partial charge on any atom is -0.390 e. The highest BCUT2D eigenvalue weighted by Gasteiger charge is 2.39. The Bertz CT molecular complexity index is 374. The van der Waals surface area contributed by atoms with E-state index < -0.39 is 0 Å². The summed E-state index contributed by atoms with van der Waals surface area (Å²) in [6.45, 7) is 2.40. The lowest BCUT2D eigenvalue weighted by atomic mass is 10.0. The van der Waals surface area contributed by atoms with Crippen LogP contribution in [0.15, 0.2) is 24.3 Å². The van der Waals surface area contributed by atoms with Gasteiger partial charge >= 0.3 is 0 Å². The maximum Gasteiger partial charge on any atom is 0.0690 e. The third kappa shape index (κ3) is 2.63. The summed E-state index contributed by atoms with van der Waals surface area (Å²) in [4.78, 5) is 2.47. The van der Waals surface area contributed by atoms with Gasteiger partial charge in [-0.2, -0.15) is 0 Å². The van der Waals surface area contributed by atoms with Crippen LogP contribution in [0.5, 0.6) is 0 Å². The van der Waals surface area contributed by atoms with E-state index in [1.807, 2.05) is 0 Å². The van der Waals surface area contributed by atoms with Crippen LogP contribution in [0.25, 0.3) is 0 Å². The second kappa shape index (κ2) is 4.34. The monoisotopic (exact) mass is 231 g/mol. The van der Waals surface area contributed by atoms with Gasteiger partial charge in [-0.1, -0.05) is 12.1 Å². The summed E-state index contributed by atoms with van der Waals surface area (Å²) in [6, 6.07) is 8.79. The Morgan fingerprint density at radius 3 is 2.24 bits per heavy atom. The zero-order valence-corrected chi connectivity index (χ0v) is 10.4. The molecule has 1 aliphatic carbocycles. The van der Waals surface area contributed by atoms with E-state index in [9.17, 15) is 5.11 Å². The molecule has 1 saturated heterocycles. The number of benzene rings is 1. The molecule has 3 rings (SSSR count). The molecule has 0 radical (unpaired) electrons. The Labute approximate surface area is 103 Å². The molecule has 17 heavy (non-hydrogen) atoms. The number of hydrogen-bond acceptors (Lipinski definition) is 2. The maximum absolute atomic E-state index is 9.89. The van der Waals surface area contributed by atoms with Gasteiger partial charge in [0.05, 0.1) is 5.60 Å². The normalized spacial score (nSPS) is 22.5. The average molecular weight is 231 g/mol. The van der Waals surface area contributed by atoms with Gasteiger partial charge in [0.25, 0.3) is 0 Å². The van der Waals surface area contributed by atoms with Crippen LogP contribution in [0.2, 0.25) is 0 Å². The summed E-state index contributed by atoms with van der Waals surface area (Å²) in [6.07, 6.45) is 6.79. The third-order valence-corrected chi connectivity index (χ3v) is 4.02. The average Bonchev–Trinajstić information content (AvgIpc) is 3.09. The van der Waals surface area contributed by atoms with Crippen LogP contribution in [0.4, 0.5) is 5.69 Å². The lowest BCUT2D eigenvalue weighted by molar-refractivity contribution is 0.151. The molecule has 0 bridgehead atoms. The number of hydrogen-bond donors (Lipinski definition) is 1. The van der Waals surface area contributed by atoms with Gasteiger partial charge in [-0.15, -0.1) is 0 Å². The van der Waals surface area contributed by atoms with Gasteiger partial charge in [0.1, 0.15) is 0 Å². The Kier molecular flexibility index (Phi) is 2.83. The summed E-state index contributed by atoms with van der Waals surface area (Å²) in [7, 11) is 0. The number of rotatable bonds is 3. The van der Waals surface area contributed by atoms with Crippen molar-refractivity contribution in [3.63, 3.8) is 0 Å². The van der Waals surface area contributed by atoms with Gasteiger partial charge < -0.3 is 10.0 Å². The summed E-state index contributed by atoms with van der Waals surface area (Å²) in [5.74, 6) is 0. The molecular formula is C15H21NO. The molecule has 1 aromatic carbocycles. The highest BCUT2D eigenvalue weighted by Crippen LogP contribution is 2.38. The Balaban J connectivity index is 1.66. The second-order valence-electron chi connectivity index (χ2n) is 5.62.